The topological polar surface area (TPSA) is 59.2 Å². The van der Waals surface area contributed by atoms with Gasteiger partial charge in [0.05, 0.1) is 15.2 Å². The van der Waals surface area contributed by atoms with Crippen LogP contribution in [0.1, 0.15) is 31.9 Å². The summed E-state index contributed by atoms with van der Waals surface area (Å²) in [5.41, 5.74) is 6.60. The van der Waals surface area contributed by atoms with Gasteiger partial charge in [0.2, 0.25) is 5.91 Å². The van der Waals surface area contributed by atoms with E-state index in [0.29, 0.717) is 5.13 Å². The number of nitrogens with zero attached hydrogens (tertiary/aromatic N) is 2. The second-order valence-electron chi connectivity index (χ2n) is 4.57. The van der Waals surface area contributed by atoms with Gasteiger partial charge in [-0.15, -0.1) is 11.8 Å². The van der Waals surface area contributed by atoms with Gasteiger partial charge < -0.3 is 10.6 Å². The zero-order valence-corrected chi connectivity index (χ0v) is 12.4. The molecule has 1 aliphatic rings. The molecule has 0 aromatic carbocycles. The molecule has 1 unspecified atom stereocenters. The fraction of sp³-hybridized carbons (Fsp3) is 0.667. The summed E-state index contributed by atoms with van der Waals surface area (Å²) in [6, 6.07) is 0. The monoisotopic (exact) mass is 285 g/mol. The molecule has 1 amide bonds. The minimum atomic E-state index is -0.0540. The van der Waals surface area contributed by atoms with Crippen molar-refractivity contribution in [1.29, 1.82) is 0 Å². The molecule has 18 heavy (non-hydrogen) atoms. The van der Waals surface area contributed by atoms with E-state index in [1.807, 2.05) is 18.7 Å². The van der Waals surface area contributed by atoms with Gasteiger partial charge in [-0.25, -0.2) is 4.98 Å². The first-order valence-electron chi connectivity index (χ1n) is 6.26. The van der Waals surface area contributed by atoms with Crippen LogP contribution in [0.2, 0.25) is 0 Å². The van der Waals surface area contributed by atoms with Crippen molar-refractivity contribution in [3.05, 3.63) is 5.69 Å². The Bertz CT molecular complexity index is 427. The van der Waals surface area contributed by atoms with E-state index in [-0.39, 0.29) is 11.2 Å². The lowest BCUT2D eigenvalue weighted by atomic mass is 10.1. The SMILES string of the molecule is Cc1nc(N)sc1SC(C)C(=O)N1CCCCC1. The Morgan fingerprint density at radius 1 is 1.44 bits per heavy atom. The molecular weight excluding hydrogens is 266 g/mol. The number of anilines is 1. The number of nitrogens with two attached hydrogens (primary N) is 1. The quantitative estimate of drug-likeness (QED) is 0.867. The summed E-state index contributed by atoms with van der Waals surface area (Å²) in [5, 5.41) is 0.522. The number of carbonyl (C=O) groups excluding carboxylic acids is 1. The van der Waals surface area contributed by atoms with Crippen molar-refractivity contribution in [3.63, 3.8) is 0 Å². The van der Waals surface area contributed by atoms with Crippen LogP contribution in [-0.2, 0) is 4.79 Å². The third-order valence-corrected chi connectivity index (χ3v) is 5.45. The molecule has 1 aromatic rings. The number of piperidine rings is 1. The van der Waals surface area contributed by atoms with E-state index in [2.05, 4.69) is 4.98 Å². The van der Waals surface area contributed by atoms with Gasteiger partial charge in [0.1, 0.15) is 0 Å². The molecule has 1 atom stereocenters. The molecule has 2 heterocycles. The van der Waals surface area contributed by atoms with Crippen molar-refractivity contribution < 1.29 is 4.79 Å². The normalized spacial score (nSPS) is 17.8. The summed E-state index contributed by atoms with van der Waals surface area (Å²) in [7, 11) is 0. The second-order valence-corrected chi connectivity index (χ2v) is 7.21. The minimum absolute atomic E-state index is 0.0540. The number of hydrogen-bond donors (Lipinski definition) is 1. The first-order valence-corrected chi connectivity index (χ1v) is 7.96. The fourth-order valence-corrected chi connectivity index (χ4v) is 4.33. The molecule has 2 N–H and O–H groups in total. The summed E-state index contributed by atoms with van der Waals surface area (Å²) < 4.78 is 1.06. The maximum Gasteiger partial charge on any atom is 0.235 e. The van der Waals surface area contributed by atoms with Crippen molar-refractivity contribution in [2.75, 3.05) is 18.8 Å². The van der Waals surface area contributed by atoms with E-state index in [9.17, 15) is 4.79 Å². The maximum atomic E-state index is 12.3. The van der Waals surface area contributed by atoms with Crippen LogP contribution in [0.3, 0.4) is 0 Å². The van der Waals surface area contributed by atoms with Gasteiger partial charge in [-0.05, 0) is 33.1 Å². The Hall–Kier alpha value is -0.750. The molecule has 0 spiro atoms. The molecule has 100 valence electrons. The molecule has 1 aliphatic heterocycles. The standard InChI is InChI=1S/C12H19N3OS2/c1-8-11(18-12(13)14-8)17-9(2)10(16)15-6-4-3-5-7-15/h9H,3-7H2,1-2H3,(H2,13,14). The van der Waals surface area contributed by atoms with Crippen LogP contribution in [0, 0.1) is 6.92 Å². The Kier molecular flexibility index (Phi) is 4.50. The molecule has 1 saturated heterocycles. The van der Waals surface area contributed by atoms with Crippen LogP contribution in [0.4, 0.5) is 5.13 Å². The highest BCUT2D eigenvalue weighted by Gasteiger charge is 2.24. The van der Waals surface area contributed by atoms with Gasteiger partial charge in [-0.3, -0.25) is 4.79 Å². The number of carbonyl (C=O) groups is 1. The molecular formula is C12H19N3OS2. The maximum absolute atomic E-state index is 12.3. The van der Waals surface area contributed by atoms with Crippen LogP contribution in [0.25, 0.3) is 0 Å². The van der Waals surface area contributed by atoms with E-state index in [1.54, 1.807) is 11.8 Å². The molecule has 0 saturated carbocycles. The highest BCUT2D eigenvalue weighted by molar-refractivity contribution is 8.02. The summed E-state index contributed by atoms with van der Waals surface area (Å²) in [5.74, 6) is 0.242. The van der Waals surface area contributed by atoms with E-state index in [4.69, 9.17) is 5.73 Å². The molecule has 0 aliphatic carbocycles. The molecule has 0 bridgehead atoms. The highest BCUT2D eigenvalue weighted by atomic mass is 32.2. The van der Waals surface area contributed by atoms with E-state index < -0.39 is 0 Å². The third-order valence-electron chi connectivity index (χ3n) is 3.07. The van der Waals surface area contributed by atoms with Crippen molar-refractivity contribution in [1.82, 2.24) is 9.88 Å². The van der Waals surface area contributed by atoms with E-state index in [0.717, 1.165) is 35.8 Å². The van der Waals surface area contributed by atoms with Gasteiger partial charge in [0, 0.05) is 13.1 Å². The highest BCUT2D eigenvalue weighted by Crippen LogP contribution is 2.34. The van der Waals surface area contributed by atoms with Crippen LogP contribution < -0.4 is 5.73 Å². The number of thioether (sulfide) groups is 1. The number of aryl methyl sites for hydroxylation is 1. The number of rotatable bonds is 3. The van der Waals surface area contributed by atoms with Crippen molar-refractivity contribution in [2.24, 2.45) is 0 Å². The minimum Gasteiger partial charge on any atom is -0.375 e. The number of amides is 1. The van der Waals surface area contributed by atoms with Crippen LogP contribution >= 0.6 is 23.1 Å². The van der Waals surface area contributed by atoms with Crippen LogP contribution in [-0.4, -0.2) is 34.1 Å². The largest absolute Gasteiger partial charge is 0.375 e. The zero-order valence-electron chi connectivity index (χ0n) is 10.8. The van der Waals surface area contributed by atoms with Crippen LogP contribution in [0.15, 0.2) is 4.21 Å². The van der Waals surface area contributed by atoms with Crippen LogP contribution in [0.5, 0.6) is 0 Å². The van der Waals surface area contributed by atoms with Crippen molar-refractivity contribution in [3.8, 4) is 0 Å². The molecule has 1 aromatic heterocycles. The Balaban J connectivity index is 1.96. The van der Waals surface area contributed by atoms with Gasteiger partial charge in [-0.2, -0.15) is 0 Å². The lowest BCUT2D eigenvalue weighted by molar-refractivity contribution is -0.131. The lowest BCUT2D eigenvalue weighted by Crippen LogP contribution is -2.40. The van der Waals surface area contributed by atoms with Gasteiger partial charge >= 0.3 is 0 Å². The van der Waals surface area contributed by atoms with E-state index >= 15 is 0 Å². The smallest absolute Gasteiger partial charge is 0.235 e. The Morgan fingerprint density at radius 3 is 2.67 bits per heavy atom. The number of nitrogen functional groups attached to an aromatic ring is 1. The molecule has 1 fully saturated rings. The third kappa shape index (κ3) is 3.17. The fourth-order valence-electron chi connectivity index (χ4n) is 2.09. The first kappa shape index (κ1) is 13.7. The van der Waals surface area contributed by atoms with Gasteiger partial charge in [0.25, 0.3) is 0 Å². The number of hydrogen-bond acceptors (Lipinski definition) is 5. The van der Waals surface area contributed by atoms with Gasteiger partial charge in [0.15, 0.2) is 5.13 Å². The number of likely N-dealkylation sites (tertiary alicyclic amines) is 1. The predicted molar refractivity (Wildman–Crippen MR) is 77.0 cm³/mol. The Morgan fingerprint density at radius 2 is 2.11 bits per heavy atom. The molecule has 4 nitrogen and oxygen atoms in total. The second kappa shape index (κ2) is 5.93. The molecule has 6 heteroatoms. The van der Waals surface area contributed by atoms with E-state index in [1.165, 1.54) is 17.8 Å². The summed E-state index contributed by atoms with van der Waals surface area (Å²) in [4.78, 5) is 18.5. The predicted octanol–water partition coefficient (Wildman–Crippen LogP) is 2.53. The zero-order chi connectivity index (χ0) is 13.1. The van der Waals surface area contributed by atoms with Gasteiger partial charge in [-0.1, -0.05) is 11.3 Å². The lowest BCUT2D eigenvalue weighted by Gasteiger charge is -2.28. The molecule has 2 rings (SSSR count). The number of aromatic nitrogens is 1. The van der Waals surface area contributed by atoms with Crippen molar-refractivity contribution in [2.45, 2.75) is 42.6 Å². The molecule has 0 radical (unpaired) electrons. The summed E-state index contributed by atoms with van der Waals surface area (Å²) >= 11 is 3.04. The number of thiazole rings is 1. The average molecular weight is 285 g/mol. The van der Waals surface area contributed by atoms with Crippen molar-refractivity contribution >= 4 is 34.1 Å². The summed E-state index contributed by atoms with van der Waals surface area (Å²) in [6.07, 6.45) is 3.51. The Labute approximate surface area is 116 Å². The first-order chi connectivity index (χ1) is 8.58. The average Bonchev–Trinajstić information content (AvgIpc) is 2.68. The summed E-state index contributed by atoms with van der Waals surface area (Å²) in [6.45, 7) is 5.73.